The van der Waals surface area contributed by atoms with Crippen molar-refractivity contribution in [2.75, 3.05) is 0 Å². The van der Waals surface area contributed by atoms with Gasteiger partial charge in [-0.3, -0.25) is 0 Å². The van der Waals surface area contributed by atoms with Gasteiger partial charge < -0.3 is 0 Å². The van der Waals surface area contributed by atoms with Crippen molar-refractivity contribution < 1.29 is 0 Å². The zero-order chi connectivity index (χ0) is 11.5. The maximum atomic E-state index is 3.62. The van der Waals surface area contributed by atoms with E-state index in [1.807, 2.05) is 24.3 Å². The van der Waals surface area contributed by atoms with Gasteiger partial charge in [-0.25, -0.2) is 0 Å². The van der Waals surface area contributed by atoms with Crippen LogP contribution in [0.4, 0.5) is 0 Å². The summed E-state index contributed by atoms with van der Waals surface area (Å²) >= 11 is 0. The van der Waals surface area contributed by atoms with Crippen molar-refractivity contribution in [2.45, 2.75) is 20.3 Å². The Kier molecular flexibility index (Phi) is 8.08. The van der Waals surface area contributed by atoms with Gasteiger partial charge in [-0.05, 0) is 20.3 Å². The van der Waals surface area contributed by atoms with Crippen LogP contribution < -0.4 is 0 Å². The molecule has 0 spiro atoms. The fraction of sp³-hybridized carbons (Fsp3) is 0.200. The van der Waals surface area contributed by atoms with Crippen LogP contribution >= 0.6 is 0 Å². The quantitative estimate of drug-likeness (QED) is 0.543. The van der Waals surface area contributed by atoms with Gasteiger partial charge in [0.1, 0.15) is 0 Å². The minimum absolute atomic E-state index is 1.00. The molecule has 0 N–H and O–H groups in total. The Balaban J connectivity index is 4.21. The van der Waals surface area contributed by atoms with Crippen molar-refractivity contribution in [3.05, 3.63) is 72.9 Å². The molecule has 15 heavy (non-hydrogen) atoms. The van der Waals surface area contributed by atoms with E-state index in [4.69, 9.17) is 0 Å². The molecule has 0 heterocycles. The van der Waals surface area contributed by atoms with Crippen LogP contribution in [0.3, 0.4) is 0 Å². The molecule has 0 radical (unpaired) electrons. The molecule has 0 saturated heterocycles. The molecule has 0 aliphatic heterocycles. The van der Waals surface area contributed by atoms with Crippen LogP contribution in [0.15, 0.2) is 72.9 Å². The minimum atomic E-state index is 1.00. The number of rotatable bonds is 6. The maximum absolute atomic E-state index is 3.62. The maximum Gasteiger partial charge on any atom is -0.0108 e. The normalized spacial score (nSPS) is 13.7. The summed E-state index contributed by atoms with van der Waals surface area (Å²) in [6.07, 6.45) is 16.7. The first-order valence-electron chi connectivity index (χ1n) is 5.10. The van der Waals surface area contributed by atoms with Crippen LogP contribution in [0.25, 0.3) is 0 Å². The van der Waals surface area contributed by atoms with Gasteiger partial charge in [-0.1, -0.05) is 72.9 Å². The Bertz CT molecular complexity index is 277. The lowest BCUT2D eigenvalue weighted by Gasteiger charge is -1.99. The molecule has 0 aliphatic rings. The Morgan fingerprint density at radius 2 is 1.20 bits per heavy atom. The fourth-order valence-corrected chi connectivity index (χ4v) is 1.15. The average molecular weight is 200 g/mol. The van der Waals surface area contributed by atoms with Gasteiger partial charge in [0.15, 0.2) is 0 Å². The highest BCUT2D eigenvalue weighted by molar-refractivity contribution is 5.22. The van der Waals surface area contributed by atoms with Crippen LogP contribution in [0, 0.1) is 0 Å². The number of hydrogen-bond donors (Lipinski definition) is 0. The second-order valence-electron chi connectivity index (χ2n) is 3.44. The van der Waals surface area contributed by atoms with E-state index in [1.54, 1.807) is 12.2 Å². The topological polar surface area (TPSA) is 0 Å². The monoisotopic (exact) mass is 200 g/mol. The third-order valence-electron chi connectivity index (χ3n) is 1.81. The van der Waals surface area contributed by atoms with Gasteiger partial charge in [0.2, 0.25) is 0 Å². The summed E-state index contributed by atoms with van der Waals surface area (Å²) in [6.45, 7) is 11.5. The first kappa shape index (κ1) is 13.4. The van der Waals surface area contributed by atoms with Gasteiger partial charge in [0.25, 0.3) is 0 Å². The van der Waals surface area contributed by atoms with Crippen LogP contribution in [0.5, 0.6) is 0 Å². The standard InChI is InChI=1S/C15H20/c1-5-7-9-11-14(3)13-15(4)12-10-8-6-2/h5-12H,1-2,13H2,3-4H3/b9-7+,10-8+,14-11+,15-12+. The van der Waals surface area contributed by atoms with E-state index in [0.717, 1.165) is 6.42 Å². The van der Waals surface area contributed by atoms with Gasteiger partial charge in [-0.2, -0.15) is 0 Å². The molecule has 0 heteroatoms. The van der Waals surface area contributed by atoms with E-state index in [-0.39, 0.29) is 0 Å². The van der Waals surface area contributed by atoms with Crippen molar-refractivity contribution >= 4 is 0 Å². The summed E-state index contributed by atoms with van der Waals surface area (Å²) in [5.74, 6) is 0. The smallest absolute Gasteiger partial charge is 0.0108 e. The molecule has 0 rings (SSSR count). The third kappa shape index (κ3) is 8.76. The molecule has 0 aromatic rings. The molecule has 0 fully saturated rings. The van der Waals surface area contributed by atoms with Crippen molar-refractivity contribution in [3.8, 4) is 0 Å². The van der Waals surface area contributed by atoms with Crippen LogP contribution in [-0.2, 0) is 0 Å². The molecule has 0 unspecified atom stereocenters. The molecular formula is C15H20. The van der Waals surface area contributed by atoms with Gasteiger partial charge >= 0.3 is 0 Å². The van der Waals surface area contributed by atoms with E-state index in [2.05, 4.69) is 39.2 Å². The van der Waals surface area contributed by atoms with E-state index in [9.17, 15) is 0 Å². The van der Waals surface area contributed by atoms with Crippen molar-refractivity contribution in [1.82, 2.24) is 0 Å². The zero-order valence-corrected chi connectivity index (χ0v) is 9.74. The Labute approximate surface area is 93.7 Å². The summed E-state index contributed by atoms with van der Waals surface area (Å²) in [5, 5.41) is 0. The zero-order valence-electron chi connectivity index (χ0n) is 9.74. The largest absolute Gasteiger partial charge is 0.0991 e. The molecule has 0 atom stereocenters. The lowest BCUT2D eigenvalue weighted by molar-refractivity contribution is 1.11. The molecular weight excluding hydrogens is 180 g/mol. The number of hydrogen-bond acceptors (Lipinski definition) is 0. The third-order valence-corrected chi connectivity index (χ3v) is 1.81. The van der Waals surface area contributed by atoms with Crippen LogP contribution in [-0.4, -0.2) is 0 Å². The molecule has 0 aromatic heterocycles. The first-order chi connectivity index (χ1) is 7.20. The van der Waals surface area contributed by atoms with Gasteiger partial charge in [0.05, 0.1) is 0 Å². The molecule has 0 aromatic carbocycles. The van der Waals surface area contributed by atoms with E-state index < -0.39 is 0 Å². The molecule has 0 nitrogen and oxygen atoms in total. The van der Waals surface area contributed by atoms with Crippen LogP contribution in [0.1, 0.15) is 20.3 Å². The molecule has 0 bridgehead atoms. The average Bonchev–Trinajstić information content (AvgIpc) is 2.18. The van der Waals surface area contributed by atoms with E-state index >= 15 is 0 Å². The second kappa shape index (κ2) is 9.01. The SMILES string of the molecule is C=C/C=C/C=C(\C)C/C(C)=C/C=C/C=C. The summed E-state index contributed by atoms with van der Waals surface area (Å²) in [6, 6.07) is 0. The van der Waals surface area contributed by atoms with E-state index in [0.29, 0.717) is 0 Å². The highest BCUT2D eigenvalue weighted by atomic mass is 14.0. The second-order valence-corrected chi connectivity index (χ2v) is 3.44. The minimum Gasteiger partial charge on any atom is -0.0991 e. The van der Waals surface area contributed by atoms with E-state index in [1.165, 1.54) is 11.1 Å². The molecule has 80 valence electrons. The van der Waals surface area contributed by atoms with Crippen molar-refractivity contribution in [3.63, 3.8) is 0 Å². The van der Waals surface area contributed by atoms with Crippen LogP contribution in [0.2, 0.25) is 0 Å². The summed E-state index contributed by atoms with van der Waals surface area (Å²) in [4.78, 5) is 0. The molecule has 0 saturated carbocycles. The number of allylic oxidation sites excluding steroid dienone is 10. The first-order valence-corrected chi connectivity index (χ1v) is 5.10. The predicted octanol–water partition coefficient (Wildman–Crippen LogP) is 4.75. The highest BCUT2D eigenvalue weighted by Gasteiger charge is 1.89. The Morgan fingerprint density at radius 1 is 0.800 bits per heavy atom. The Hall–Kier alpha value is -1.56. The summed E-state index contributed by atoms with van der Waals surface area (Å²) in [5.41, 5.74) is 2.68. The highest BCUT2D eigenvalue weighted by Crippen LogP contribution is 2.09. The molecule has 0 aliphatic carbocycles. The molecule has 0 amide bonds. The van der Waals surface area contributed by atoms with Gasteiger partial charge in [-0.15, -0.1) is 0 Å². The summed E-state index contributed by atoms with van der Waals surface area (Å²) < 4.78 is 0. The predicted molar refractivity (Wildman–Crippen MR) is 70.8 cm³/mol. The fourth-order valence-electron chi connectivity index (χ4n) is 1.15. The van der Waals surface area contributed by atoms with Gasteiger partial charge in [0, 0.05) is 0 Å². The Morgan fingerprint density at radius 3 is 1.53 bits per heavy atom. The lowest BCUT2D eigenvalue weighted by atomic mass is 10.1. The summed E-state index contributed by atoms with van der Waals surface area (Å²) in [7, 11) is 0. The van der Waals surface area contributed by atoms with Crippen molar-refractivity contribution in [2.24, 2.45) is 0 Å². The van der Waals surface area contributed by atoms with Crippen molar-refractivity contribution in [1.29, 1.82) is 0 Å². The lowest BCUT2D eigenvalue weighted by Crippen LogP contribution is -1.78.